The van der Waals surface area contributed by atoms with Gasteiger partial charge in [0.1, 0.15) is 0 Å². The fraction of sp³-hybridized carbons (Fsp3) is 0.600. The summed E-state index contributed by atoms with van der Waals surface area (Å²) in [7, 11) is 2.20. The Bertz CT molecular complexity index is 578. The van der Waals surface area contributed by atoms with E-state index in [1.807, 2.05) is 6.07 Å². The molecule has 1 aromatic rings. The maximum Gasteiger partial charge on any atom is 0.273 e. The molecule has 2 saturated heterocycles. The number of halogens is 1. The van der Waals surface area contributed by atoms with Gasteiger partial charge in [0.15, 0.2) is 0 Å². The van der Waals surface area contributed by atoms with Gasteiger partial charge in [-0.3, -0.25) is 15.0 Å². The third-order valence-corrected chi connectivity index (χ3v) is 5.25. The lowest BCUT2D eigenvalue weighted by atomic mass is 10.1. The predicted octanol–water partition coefficient (Wildman–Crippen LogP) is 3.23. The van der Waals surface area contributed by atoms with E-state index in [1.54, 1.807) is 6.92 Å². The minimum absolute atomic E-state index is 0.0946. The molecule has 0 N–H and O–H groups in total. The van der Waals surface area contributed by atoms with Crippen molar-refractivity contribution in [3.8, 4) is 0 Å². The lowest BCUT2D eigenvalue weighted by Crippen LogP contribution is -2.36. The van der Waals surface area contributed by atoms with E-state index in [4.69, 9.17) is 11.6 Å². The Kier molecular flexibility index (Phi) is 3.80. The lowest BCUT2D eigenvalue weighted by molar-refractivity contribution is -0.385. The van der Waals surface area contributed by atoms with Crippen LogP contribution in [0.3, 0.4) is 0 Å². The minimum Gasteiger partial charge on any atom is -0.369 e. The van der Waals surface area contributed by atoms with Crippen LogP contribution in [0.2, 0.25) is 5.02 Å². The van der Waals surface area contributed by atoms with Gasteiger partial charge in [0.25, 0.3) is 5.69 Å². The number of benzene rings is 1. The normalized spacial score (nSPS) is 26.0. The monoisotopic (exact) mass is 309 g/mol. The van der Waals surface area contributed by atoms with E-state index in [2.05, 4.69) is 16.8 Å². The highest BCUT2D eigenvalue weighted by molar-refractivity contribution is 6.33. The number of aryl methyl sites for hydroxylation is 1. The van der Waals surface area contributed by atoms with E-state index >= 15 is 0 Å². The van der Waals surface area contributed by atoms with Crippen LogP contribution in [0.4, 0.5) is 11.4 Å². The molecule has 114 valence electrons. The first kappa shape index (κ1) is 14.6. The number of nitro benzene ring substituents is 1. The van der Waals surface area contributed by atoms with Gasteiger partial charge in [0.2, 0.25) is 0 Å². The van der Waals surface area contributed by atoms with Crippen molar-refractivity contribution in [3.63, 3.8) is 0 Å². The van der Waals surface area contributed by atoms with E-state index in [0.29, 0.717) is 22.7 Å². The summed E-state index contributed by atoms with van der Waals surface area (Å²) in [6.07, 6.45) is 3.63. The van der Waals surface area contributed by atoms with Crippen molar-refractivity contribution in [2.75, 3.05) is 25.0 Å². The summed E-state index contributed by atoms with van der Waals surface area (Å²) in [5.74, 6) is 0. The molecule has 0 aliphatic carbocycles. The van der Waals surface area contributed by atoms with Crippen molar-refractivity contribution in [3.05, 3.63) is 32.8 Å². The Morgan fingerprint density at radius 2 is 2.00 bits per heavy atom. The summed E-state index contributed by atoms with van der Waals surface area (Å²) in [4.78, 5) is 15.4. The van der Waals surface area contributed by atoms with Gasteiger partial charge >= 0.3 is 0 Å². The third-order valence-electron chi connectivity index (χ3n) is 4.95. The number of nitro groups is 1. The molecule has 21 heavy (non-hydrogen) atoms. The standard InChI is InChI=1S/C15H20ClN3O2/c1-10-7-15(13(16)8-14(10)19(20)21)18-6-5-11-3-4-12(9-18)17(11)2/h7-8,11-12H,3-6,9H2,1-2H3. The summed E-state index contributed by atoms with van der Waals surface area (Å²) < 4.78 is 0. The van der Waals surface area contributed by atoms with Gasteiger partial charge in [-0.15, -0.1) is 0 Å². The molecule has 0 amide bonds. The highest BCUT2D eigenvalue weighted by atomic mass is 35.5. The molecular formula is C15H20ClN3O2. The summed E-state index contributed by atoms with van der Waals surface area (Å²) in [6.45, 7) is 3.68. The van der Waals surface area contributed by atoms with Gasteiger partial charge in [0.05, 0.1) is 15.6 Å². The summed E-state index contributed by atoms with van der Waals surface area (Å²) in [5, 5.41) is 11.5. The molecule has 2 heterocycles. The molecule has 0 radical (unpaired) electrons. The SMILES string of the molecule is Cc1cc(N2CCC3CCC(C2)N3C)c(Cl)cc1[N+](=O)[O-]. The predicted molar refractivity (Wildman–Crippen MR) is 84.2 cm³/mol. The Morgan fingerprint density at radius 3 is 2.71 bits per heavy atom. The molecule has 2 bridgehead atoms. The van der Waals surface area contributed by atoms with Gasteiger partial charge in [-0.25, -0.2) is 0 Å². The van der Waals surface area contributed by atoms with Crippen LogP contribution in [0.15, 0.2) is 12.1 Å². The fourth-order valence-corrected chi connectivity index (χ4v) is 3.90. The summed E-state index contributed by atoms with van der Waals surface area (Å²) >= 11 is 6.31. The maximum atomic E-state index is 11.0. The number of likely N-dealkylation sites (N-methyl/N-ethyl adjacent to an activating group) is 1. The quantitative estimate of drug-likeness (QED) is 0.621. The van der Waals surface area contributed by atoms with Crippen molar-refractivity contribution in [1.82, 2.24) is 4.90 Å². The molecule has 3 rings (SSSR count). The smallest absolute Gasteiger partial charge is 0.273 e. The lowest BCUT2D eigenvalue weighted by Gasteiger charge is -2.28. The zero-order valence-electron chi connectivity index (χ0n) is 12.4. The van der Waals surface area contributed by atoms with E-state index in [9.17, 15) is 10.1 Å². The van der Waals surface area contributed by atoms with Crippen LogP contribution >= 0.6 is 11.6 Å². The second-order valence-electron chi connectivity index (χ2n) is 6.13. The number of hydrogen-bond acceptors (Lipinski definition) is 4. The number of rotatable bonds is 2. The molecule has 2 atom stereocenters. The van der Waals surface area contributed by atoms with E-state index in [-0.39, 0.29) is 10.6 Å². The molecular weight excluding hydrogens is 290 g/mol. The first-order valence-corrected chi connectivity index (χ1v) is 7.76. The van der Waals surface area contributed by atoms with Crippen LogP contribution in [-0.4, -0.2) is 42.0 Å². The second-order valence-corrected chi connectivity index (χ2v) is 6.54. The Labute approximate surface area is 129 Å². The van der Waals surface area contributed by atoms with Gasteiger partial charge in [-0.1, -0.05) is 11.6 Å². The topological polar surface area (TPSA) is 49.6 Å². The molecule has 6 heteroatoms. The largest absolute Gasteiger partial charge is 0.369 e. The molecule has 2 aliphatic rings. The number of anilines is 1. The molecule has 0 aromatic heterocycles. The maximum absolute atomic E-state index is 11.0. The van der Waals surface area contributed by atoms with Crippen molar-refractivity contribution < 1.29 is 4.92 Å². The summed E-state index contributed by atoms with van der Waals surface area (Å²) in [5.41, 5.74) is 1.69. The highest BCUT2D eigenvalue weighted by Crippen LogP contribution is 2.36. The zero-order chi connectivity index (χ0) is 15.1. The van der Waals surface area contributed by atoms with Crippen LogP contribution < -0.4 is 4.90 Å². The van der Waals surface area contributed by atoms with Crippen LogP contribution in [0.25, 0.3) is 0 Å². The van der Waals surface area contributed by atoms with Gasteiger partial charge < -0.3 is 4.90 Å². The first-order valence-electron chi connectivity index (χ1n) is 7.39. The van der Waals surface area contributed by atoms with E-state index in [1.165, 1.54) is 18.9 Å². The molecule has 2 aliphatic heterocycles. The molecule has 5 nitrogen and oxygen atoms in total. The van der Waals surface area contributed by atoms with Crippen molar-refractivity contribution in [1.29, 1.82) is 0 Å². The van der Waals surface area contributed by atoms with E-state index < -0.39 is 0 Å². The van der Waals surface area contributed by atoms with Crippen molar-refractivity contribution in [2.24, 2.45) is 0 Å². The Morgan fingerprint density at radius 1 is 1.29 bits per heavy atom. The molecule has 1 aromatic carbocycles. The van der Waals surface area contributed by atoms with Crippen LogP contribution in [-0.2, 0) is 0 Å². The number of nitrogens with zero attached hydrogens (tertiary/aromatic N) is 3. The van der Waals surface area contributed by atoms with Crippen LogP contribution in [0, 0.1) is 17.0 Å². The average molecular weight is 310 g/mol. The molecule has 0 saturated carbocycles. The second kappa shape index (κ2) is 5.46. The van der Waals surface area contributed by atoms with Crippen molar-refractivity contribution >= 4 is 23.0 Å². The fourth-order valence-electron chi connectivity index (χ4n) is 3.62. The number of hydrogen-bond donors (Lipinski definition) is 0. The van der Waals surface area contributed by atoms with Gasteiger partial charge in [-0.2, -0.15) is 0 Å². The van der Waals surface area contributed by atoms with E-state index in [0.717, 1.165) is 25.2 Å². The van der Waals surface area contributed by atoms with Gasteiger partial charge in [-0.05, 0) is 39.3 Å². The van der Waals surface area contributed by atoms with Crippen LogP contribution in [0.5, 0.6) is 0 Å². The highest BCUT2D eigenvalue weighted by Gasteiger charge is 2.35. The molecule has 0 spiro atoms. The van der Waals surface area contributed by atoms with Crippen molar-refractivity contribution in [2.45, 2.75) is 38.3 Å². The third kappa shape index (κ3) is 2.60. The average Bonchev–Trinajstić information content (AvgIpc) is 2.66. The number of fused-ring (bicyclic) bond motifs is 2. The Balaban J connectivity index is 1.90. The minimum atomic E-state index is -0.372. The summed E-state index contributed by atoms with van der Waals surface area (Å²) in [6, 6.07) is 4.57. The first-order chi connectivity index (χ1) is 9.97. The van der Waals surface area contributed by atoms with Gasteiger partial charge in [0, 0.05) is 36.8 Å². The van der Waals surface area contributed by atoms with Crippen LogP contribution in [0.1, 0.15) is 24.8 Å². The Hall–Kier alpha value is -1.33. The zero-order valence-corrected chi connectivity index (χ0v) is 13.1. The molecule has 2 unspecified atom stereocenters. The molecule has 2 fully saturated rings.